The first-order valence-electron chi connectivity index (χ1n) is 12.5. The van der Waals surface area contributed by atoms with Gasteiger partial charge in [0.2, 0.25) is 5.91 Å². The Bertz CT molecular complexity index is 1170. The predicted octanol–water partition coefficient (Wildman–Crippen LogP) is 2.21. The molecule has 1 N–H and O–H groups in total. The lowest BCUT2D eigenvalue weighted by Gasteiger charge is -2.27. The molecular weight excluding hydrogens is 444 g/mol. The van der Waals surface area contributed by atoms with Crippen LogP contribution in [-0.2, 0) is 22.4 Å². The van der Waals surface area contributed by atoms with E-state index in [-0.39, 0.29) is 30.3 Å². The van der Waals surface area contributed by atoms with Gasteiger partial charge in [0.25, 0.3) is 5.91 Å². The Morgan fingerprint density at radius 2 is 1.91 bits per heavy atom. The maximum atomic E-state index is 13.1. The van der Waals surface area contributed by atoms with Crippen molar-refractivity contribution in [3.8, 4) is 11.8 Å². The summed E-state index contributed by atoms with van der Waals surface area (Å²) in [6, 6.07) is 5.94. The van der Waals surface area contributed by atoms with Crippen LogP contribution >= 0.6 is 0 Å². The molecule has 3 aliphatic rings. The highest BCUT2D eigenvalue weighted by atomic mass is 16.5. The van der Waals surface area contributed by atoms with Gasteiger partial charge in [0.05, 0.1) is 23.0 Å². The van der Waals surface area contributed by atoms with E-state index in [1.165, 1.54) is 0 Å². The average Bonchev–Trinajstić information content (AvgIpc) is 3.56. The molecule has 184 valence electrons. The third-order valence-electron chi connectivity index (χ3n) is 7.84. The minimum atomic E-state index is -0.0279. The van der Waals surface area contributed by atoms with E-state index in [0.717, 1.165) is 35.4 Å². The van der Waals surface area contributed by atoms with Crippen molar-refractivity contribution < 1.29 is 14.3 Å². The number of nitriles is 1. The molecule has 0 unspecified atom stereocenters. The topological polar surface area (TPSA) is 115 Å². The zero-order valence-corrected chi connectivity index (χ0v) is 20.6. The van der Waals surface area contributed by atoms with E-state index in [4.69, 9.17) is 4.74 Å². The number of fused-ring (bicyclic) bond motifs is 2. The molecule has 0 radical (unpaired) electrons. The van der Waals surface area contributed by atoms with Crippen molar-refractivity contribution >= 4 is 11.8 Å². The minimum absolute atomic E-state index is 0.0186. The molecule has 2 saturated heterocycles. The maximum Gasteiger partial charge on any atom is 0.260 e. The summed E-state index contributed by atoms with van der Waals surface area (Å²) in [5, 5.41) is 20.2. The van der Waals surface area contributed by atoms with Crippen LogP contribution in [0.15, 0.2) is 12.1 Å². The molecular formula is C26H32N6O3. The number of benzene rings is 1. The summed E-state index contributed by atoms with van der Waals surface area (Å²) >= 11 is 0. The number of amides is 2. The fourth-order valence-electron chi connectivity index (χ4n) is 5.76. The smallest absolute Gasteiger partial charge is 0.260 e. The zero-order chi connectivity index (χ0) is 24.7. The van der Waals surface area contributed by atoms with Crippen LogP contribution in [0.1, 0.15) is 54.3 Å². The lowest BCUT2D eigenvalue weighted by Crippen LogP contribution is -2.40. The number of carbonyl (C=O) groups excluding carboxylic acids is 2. The summed E-state index contributed by atoms with van der Waals surface area (Å²) < 4.78 is 5.96. The fraction of sp³-hybridized carbons (Fsp3) is 0.577. The Morgan fingerprint density at radius 3 is 2.60 bits per heavy atom. The van der Waals surface area contributed by atoms with Gasteiger partial charge in [-0.25, -0.2) is 0 Å². The third-order valence-corrected chi connectivity index (χ3v) is 7.84. The highest BCUT2D eigenvalue weighted by Crippen LogP contribution is 2.34. The molecule has 1 aromatic heterocycles. The van der Waals surface area contributed by atoms with E-state index < -0.39 is 0 Å². The predicted molar refractivity (Wildman–Crippen MR) is 128 cm³/mol. The number of ether oxygens (including phenoxy) is 1. The van der Waals surface area contributed by atoms with Crippen LogP contribution in [0.3, 0.4) is 0 Å². The van der Waals surface area contributed by atoms with Crippen LogP contribution in [0.4, 0.5) is 0 Å². The number of hydrogen-bond donors (Lipinski definition) is 1. The van der Waals surface area contributed by atoms with E-state index in [1.54, 1.807) is 0 Å². The maximum absolute atomic E-state index is 13.1. The van der Waals surface area contributed by atoms with Gasteiger partial charge in [-0.15, -0.1) is 5.10 Å². The normalized spacial score (nSPS) is 23.2. The van der Waals surface area contributed by atoms with Gasteiger partial charge < -0.3 is 14.5 Å². The molecule has 9 heteroatoms. The van der Waals surface area contributed by atoms with Crippen molar-refractivity contribution in [2.75, 3.05) is 32.8 Å². The molecule has 2 amide bonds. The SMILES string of the molecule is Cc1cc(OCC(=O)N2C[C@H]3CN(C(=O)[C@@H]4CCc5[nH]nnc5C4)C[C@@H]3C2)c(C(C)C)cc1C#N. The number of nitrogens with zero attached hydrogens (tertiary/aromatic N) is 5. The number of nitrogens with one attached hydrogen (secondary N) is 1. The van der Waals surface area contributed by atoms with Gasteiger partial charge in [0.15, 0.2) is 6.61 Å². The molecule has 35 heavy (non-hydrogen) atoms. The van der Waals surface area contributed by atoms with Gasteiger partial charge in [0, 0.05) is 50.4 Å². The highest BCUT2D eigenvalue weighted by molar-refractivity contribution is 5.80. The van der Waals surface area contributed by atoms with Gasteiger partial charge in [-0.2, -0.15) is 5.26 Å². The van der Waals surface area contributed by atoms with Crippen LogP contribution < -0.4 is 4.74 Å². The number of likely N-dealkylation sites (tertiary alicyclic amines) is 2. The second kappa shape index (κ2) is 9.33. The first kappa shape index (κ1) is 23.3. The molecule has 9 nitrogen and oxygen atoms in total. The number of aromatic nitrogens is 3. The summed E-state index contributed by atoms with van der Waals surface area (Å²) in [6.07, 6.45) is 2.31. The van der Waals surface area contributed by atoms with E-state index in [2.05, 4.69) is 21.5 Å². The van der Waals surface area contributed by atoms with Crippen LogP contribution in [0, 0.1) is 36.0 Å². The summed E-state index contributed by atoms with van der Waals surface area (Å²) in [7, 11) is 0. The van der Waals surface area contributed by atoms with Gasteiger partial charge in [-0.1, -0.05) is 19.1 Å². The number of aryl methyl sites for hydroxylation is 2. The van der Waals surface area contributed by atoms with Gasteiger partial charge >= 0.3 is 0 Å². The van der Waals surface area contributed by atoms with Crippen molar-refractivity contribution in [3.05, 3.63) is 40.2 Å². The second-order valence-corrected chi connectivity index (χ2v) is 10.5. The second-order valence-electron chi connectivity index (χ2n) is 10.5. The molecule has 0 saturated carbocycles. The van der Waals surface area contributed by atoms with Gasteiger partial charge in [0.1, 0.15) is 5.75 Å². The van der Waals surface area contributed by atoms with E-state index in [1.807, 2.05) is 42.7 Å². The zero-order valence-electron chi connectivity index (χ0n) is 20.6. The molecule has 2 fully saturated rings. The van der Waals surface area contributed by atoms with Crippen LogP contribution in [0.25, 0.3) is 0 Å². The molecule has 3 heterocycles. The van der Waals surface area contributed by atoms with Crippen LogP contribution in [0.5, 0.6) is 5.75 Å². The fourth-order valence-corrected chi connectivity index (χ4v) is 5.76. The van der Waals surface area contributed by atoms with E-state index >= 15 is 0 Å². The Morgan fingerprint density at radius 1 is 1.20 bits per heavy atom. The van der Waals surface area contributed by atoms with Crippen molar-refractivity contribution in [2.24, 2.45) is 17.8 Å². The number of carbonyl (C=O) groups is 2. The number of aromatic amines is 1. The van der Waals surface area contributed by atoms with Crippen LogP contribution in [0.2, 0.25) is 0 Å². The molecule has 0 spiro atoms. The monoisotopic (exact) mass is 476 g/mol. The Balaban J connectivity index is 1.15. The molecule has 0 bridgehead atoms. The standard InChI is InChI=1S/C26H32N6O3/c1-15(2)21-7-18(9-27)16(3)6-24(21)35-14-25(33)31-10-19-12-32(13-20(19)11-31)26(34)17-4-5-22-23(8-17)29-30-28-22/h6-7,15,17,19-20H,4-5,8,10-14H2,1-3H3,(H,28,29,30)/t17-,19+,20+/m1/s1. The summed E-state index contributed by atoms with van der Waals surface area (Å²) in [5.74, 6) is 1.65. The first-order chi connectivity index (χ1) is 16.8. The van der Waals surface area contributed by atoms with Gasteiger partial charge in [-0.05, 0) is 48.9 Å². The van der Waals surface area contributed by atoms with Crippen molar-refractivity contribution in [1.82, 2.24) is 25.2 Å². The summed E-state index contributed by atoms with van der Waals surface area (Å²) in [4.78, 5) is 30.0. The Hall–Kier alpha value is -3.41. The largest absolute Gasteiger partial charge is 0.483 e. The quantitative estimate of drug-likeness (QED) is 0.708. The average molecular weight is 477 g/mol. The molecule has 1 aromatic carbocycles. The van der Waals surface area contributed by atoms with Crippen molar-refractivity contribution in [2.45, 2.75) is 46.0 Å². The molecule has 1 aliphatic carbocycles. The van der Waals surface area contributed by atoms with Gasteiger partial charge in [-0.3, -0.25) is 14.7 Å². The van der Waals surface area contributed by atoms with Crippen molar-refractivity contribution in [1.29, 1.82) is 5.26 Å². The Labute approximate surface area is 205 Å². The summed E-state index contributed by atoms with van der Waals surface area (Å²) in [5.41, 5.74) is 4.39. The molecule has 2 aromatic rings. The van der Waals surface area contributed by atoms with E-state index in [9.17, 15) is 14.9 Å². The molecule has 2 aliphatic heterocycles. The minimum Gasteiger partial charge on any atom is -0.483 e. The first-order valence-corrected chi connectivity index (χ1v) is 12.5. The lowest BCUT2D eigenvalue weighted by molar-refractivity contribution is -0.135. The van der Waals surface area contributed by atoms with E-state index in [0.29, 0.717) is 55.7 Å². The number of H-pyrrole nitrogens is 1. The number of hydrogen-bond acceptors (Lipinski definition) is 6. The third kappa shape index (κ3) is 4.49. The molecule has 3 atom stereocenters. The Kier molecular flexibility index (Phi) is 6.22. The van der Waals surface area contributed by atoms with Crippen molar-refractivity contribution in [3.63, 3.8) is 0 Å². The van der Waals surface area contributed by atoms with Crippen LogP contribution in [-0.4, -0.2) is 69.8 Å². The number of rotatable bonds is 5. The lowest BCUT2D eigenvalue weighted by atomic mass is 9.89. The summed E-state index contributed by atoms with van der Waals surface area (Å²) in [6.45, 7) is 8.71. The molecule has 5 rings (SSSR count). The highest BCUT2D eigenvalue weighted by Gasteiger charge is 2.44.